The molecule has 26 heavy (non-hydrogen) atoms. The van der Waals surface area contributed by atoms with Crippen LogP contribution < -0.4 is 10.6 Å². The Morgan fingerprint density at radius 1 is 1.00 bits per heavy atom. The maximum Gasteiger partial charge on any atom is 0.255 e. The van der Waals surface area contributed by atoms with Crippen molar-refractivity contribution >= 4 is 23.2 Å². The molecule has 0 fully saturated rings. The molecule has 0 aromatic heterocycles. The third kappa shape index (κ3) is 5.39. The Balaban J connectivity index is 2.01. The van der Waals surface area contributed by atoms with Gasteiger partial charge in [0.1, 0.15) is 5.82 Å². The summed E-state index contributed by atoms with van der Waals surface area (Å²) in [4.78, 5) is 26.3. The van der Waals surface area contributed by atoms with Gasteiger partial charge in [0.05, 0.1) is 6.54 Å². The number of aryl methyl sites for hydroxylation is 1. The molecule has 2 aromatic carbocycles. The van der Waals surface area contributed by atoms with Gasteiger partial charge in [0.25, 0.3) is 5.91 Å². The van der Waals surface area contributed by atoms with Crippen molar-refractivity contribution < 1.29 is 14.0 Å². The van der Waals surface area contributed by atoms with Crippen LogP contribution in [-0.4, -0.2) is 36.3 Å². The second kappa shape index (κ2) is 9.10. The van der Waals surface area contributed by atoms with Crippen molar-refractivity contribution in [3.05, 3.63) is 59.4 Å². The molecule has 0 aliphatic carbocycles. The lowest BCUT2D eigenvalue weighted by Gasteiger charge is -2.18. The number of nitrogens with one attached hydrogen (secondary N) is 2. The van der Waals surface area contributed by atoms with E-state index in [-0.39, 0.29) is 17.6 Å². The molecule has 0 saturated heterocycles. The third-order valence-electron chi connectivity index (χ3n) is 4.13. The smallest absolute Gasteiger partial charge is 0.255 e. The van der Waals surface area contributed by atoms with Crippen LogP contribution in [0.15, 0.2) is 42.5 Å². The molecule has 2 rings (SSSR count). The van der Waals surface area contributed by atoms with Gasteiger partial charge in [0, 0.05) is 16.9 Å². The molecule has 0 unspecified atom stereocenters. The topological polar surface area (TPSA) is 61.4 Å². The Morgan fingerprint density at radius 2 is 1.65 bits per heavy atom. The fourth-order valence-electron chi connectivity index (χ4n) is 2.53. The zero-order chi connectivity index (χ0) is 19.1. The van der Waals surface area contributed by atoms with Gasteiger partial charge in [0.15, 0.2) is 0 Å². The summed E-state index contributed by atoms with van der Waals surface area (Å²) in [6, 6.07) is 10.6. The second-order valence-electron chi connectivity index (χ2n) is 6.00. The second-order valence-corrected chi connectivity index (χ2v) is 6.00. The van der Waals surface area contributed by atoms with Gasteiger partial charge in [-0.3, -0.25) is 14.5 Å². The molecule has 0 radical (unpaired) electrons. The monoisotopic (exact) mass is 357 g/mol. The Hall–Kier alpha value is -2.73. The molecule has 0 aliphatic heterocycles. The number of hydrogen-bond donors (Lipinski definition) is 2. The fraction of sp³-hybridized carbons (Fsp3) is 0.300. The number of likely N-dealkylation sites (N-methyl/N-ethyl adjacent to an activating group) is 1. The summed E-state index contributed by atoms with van der Waals surface area (Å²) >= 11 is 0. The van der Waals surface area contributed by atoms with Crippen molar-refractivity contribution in [2.45, 2.75) is 20.8 Å². The van der Waals surface area contributed by atoms with Crippen molar-refractivity contribution in [2.24, 2.45) is 0 Å². The van der Waals surface area contributed by atoms with Crippen molar-refractivity contribution in [1.29, 1.82) is 0 Å². The predicted octanol–water partition coefficient (Wildman–Crippen LogP) is 3.67. The summed E-state index contributed by atoms with van der Waals surface area (Å²) in [5, 5.41) is 5.66. The van der Waals surface area contributed by atoms with E-state index < -0.39 is 0 Å². The van der Waals surface area contributed by atoms with E-state index in [4.69, 9.17) is 0 Å². The number of rotatable bonds is 7. The minimum absolute atomic E-state index is 0.0695. The highest BCUT2D eigenvalue weighted by atomic mass is 19.1. The van der Waals surface area contributed by atoms with E-state index in [0.29, 0.717) is 23.5 Å². The molecule has 0 aliphatic rings. The van der Waals surface area contributed by atoms with Crippen LogP contribution in [0, 0.1) is 12.7 Å². The summed E-state index contributed by atoms with van der Waals surface area (Å²) in [5.74, 6) is -0.773. The number of carbonyl (C=O) groups is 2. The van der Waals surface area contributed by atoms with Crippen molar-refractivity contribution in [3.63, 3.8) is 0 Å². The zero-order valence-electron chi connectivity index (χ0n) is 15.3. The van der Waals surface area contributed by atoms with E-state index in [0.717, 1.165) is 18.7 Å². The lowest BCUT2D eigenvalue weighted by atomic mass is 10.1. The summed E-state index contributed by atoms with van der Waals surface area (Å²) in [6.07, 6.45) is 0. The first-order valence-electron chi connectivity index (χ1n) is 8.62. The van der Waals surface area contributed by atoms with Gasteiger partial charge in [-0.1, -0.05) is 13.8 Å². The largest absolute Gasteiger partial charge is 0.325 e. The normalized spacial score (nSPS) is 10.7. The molecular formula is C20H24FN3O2. The quantitative estimate of drug-likeness (QED) is 0.795. The number of carbonyl (C=O) groups excluding carboxylic acids is 2. The van der Waals surface area contributed by atoms with Crippen molar-refractivity contribution in [2.75, 3.05) is 30.3 Å². The molecule has 2 aromatic rings. The van der Waals surface area contributed by atoms with Gasteiger partial charge >= 0.3 is 0 Å². The molecule has 0 atom stereocenters. The van der Waals surface area contributed by atoms with Gasteiger partial charge < -0.3 is 10.6 Å². The standard InChI is InChI=1S/C20H24FN3O2/c1-4-24(5-2)13-19(25)23-18-11-10-17(12-14(18)3)22-20(26)15-6-8-16(21)9-7-15/h6-12H,4-5,13H2,1-3H3,(H,22,26)(H,23,25). The predicted molar refractivity (Wildman–Crippen MR) is 102 cm³/mol. The van der Waals surface area contributed by atoms with Crippen molar-refractivity contribution in [3.8, 4) is 0 Å². The summed E-state index contributed by atoms with van der Waals surface area (Å²) < 4.78 is 12.9. The van der Waals surface area contributed by atoms with Gasteiger partial charge in [-0.25, -0.2) is 4.39 Å². The fourth-order valence-corrected chi connectivity index (χ4v) is 2.53. The molecule has 6 heteroatoms. The van der Waals surface area contributed by atoms with Gasteiger partial charge in [-0.15, -0.1) is 0 Å². The number of benzene rings is 2. The number of halogens is 1. The Kier molecular flexibility index (Phi) is 6.86. The van der Waals surface area contributed by atoms with E-state index in [1.807, 2.05) is 25.7 Å². The van der Waals surface area contributed by atoms with Crippen LogP contribution in [0.4, 0.5) is 15.8 Å². The Bertz CT molecular complexity index is 771. The van der Waals surface area contributed by atoms with Gasteiger partial charge in [0.2, 0.25) is 5.91 Å². The van der Waals surface area contributed by atoms with E-state index in [2.05, 4.69) is 10.6 Å². The van der Waals surface area contributed by atoms with Crippen LogP contribution in [0.25, 0.3) is 0 Å². The summed E-state index contributed by atoms with van der Waals surface area (Å²) in [7, 11) is 0. The van der Waals surface area contributed by atoms with E-state index in [9.17, 15) is 14.0 Å². The maximum absolute atomic E-state index is 12.9. The lowest BCUT2D eigenvalue weighted by Crippen LogP contribution is -2.33. The van der Waals surface area contributed by atoms with Crippen LogP contribution in [0.1, 0.15) is 29.8 Å². The van der Waals surface area contributed by atoms with E-state index in [1.165, 1.54) is 24.3 Å². The molecule has 5 nitrogen and oxygen atoms in total. The number of nitrogens with zero attached hydrogens (tertiary/aromatic N) is 1. The van der Waals surface area contributed by atoms with E-state index in [1.54, 1.807) is 18.2 Å². The lowest BCUT2D eigenvalue weighted by molar-refractivity contribution is -0.117. The van der Waals surface area contributed by atoms with Crippen LogP contribution in [0.5, 0.6) is 0 Å². The van der Waals surface area contributed by atoms with Crippen molar-refractivity contribution in [1.82, 2.24) is 4.90 Å². The molecule has 0 spiro atoms. The molecule has 0 saturated carbocycles. The average molecular weight is 357 g/mol. The Labute approximate surface area is 153 Å². The molecule has 2 N–H and O–H groups in total. The zero-order valence-corrected chi connectivity index (χ0v) is 15.3. The molecule has 2 amide bonds. The van der Waals surface area contributed by atoms with Gasteiger partial charge in [-0.05, 0) is 68.0 Å². The highest BCUT2D eigenvalue weighted by Crippen LogP contribution is 2.20. The molecule has 0 heterocycles. The SMILES string of the molecule is CCN(CC)CC(=O)Nc1ccc(NC(=O)c2ccc(F)cc2)cc1C. The van der Waals surface area contributed by atoms with Crippen LogP contribution in [0.3, 0.4) is 0 Å². The first-order valence-corrected chi connectivity index (χ1v) is 8.62. The van der Waals surface area contributed by atoms with Crippen LogP contribution in [-0.2, 0) is 4.79 Å². The Morgan fingerprint density at radius 3 is 2.23 bits per heavy atom. The first-order chi connectivity index (χ1) is 12.4. The maximum atomic E-state index is 12.9. The highest BCUT2D eigenvalue weighted by molar-refractivity contribution is 6.04. The third-order valence-corrected chi connectivity index (χ3v) is 4.13. The van der Waals surface area contributed by atoms with Gasteiger partial charge in [-0.2, -0.15) is 0 Å². The number of amides is 2. The molecule has 138 valence electrons. The average Bonchev–Trinajstić information content (AvgIpc) is 2.62. The number of hydrogen-bond acceptors (Lipinski definition) is 3. The van der Waals surface area contributed by atoms with Crippen LogP contribution in [0.2, 0.25) is 0 Å². The molecular weight excluding hydrogens is 333 g/mol. The van der Waals surface area contributed by atoms with Crippen LogP contribution >= 0.6 is 0 Å². The summed E-state index contributed by atoms with van der Waals surface area (Å²) in [5.41, 5.74) is 2.54. The minimum Gasteiger partial charge on any atom is -0.325 e. The first kappa shape index (κ1) is 19.6. The number of anilines is 2. The molecule has 0 bridgehead atoms. The minimum atomic E-state index is -0.387. The summed E-state index contributed by atoms with van der Waals surface area (Å²) in [6.45, 7) is 7.87. The van der Waals surface area contributed by atoms with E-state index >= 15 is 0 Å². The highest BCUT2D eigenvalue weighted by Gasteiger charge is 2.11.